The van der Waals surface area contributed by atoms with Gasteiger partial charge in [-0.05, 0) is 13.3 Å². The number of hydrogen-bond donors (Lipinski definition) is 2. The summed E-state index contributed by atoms with van der Waals surface area (Å²) in [7, 11) is 0. The smallest absolute Gasteiger partial charge is 0.229 e. The predicted molar refractivity (Wildman–Crippen MR) is 48.3 cm³/mol. The highest BCUT2D eigenvalue weighted by molar-refractivity contribution is 5.97. The number of likely N-dealkylation sites (tertiary alicyclic amines) is 1. The van der Waals surface area contributed by atoms with Crippen LogP contribution in [0, 0.1) is 0 Å². The standard InChI is InChI=1S/C9H15NO4/c1-9(14,6-11)5-10-7(12)3-2-4-8(10)13/h11,14H,2-6H2,1H3. The molecule has 0 aromatic carbocycles. The van der Waals surface area contributed by atoms with Crippen LogP contribution in [0.25, 0.3) is 0 Å². The predicted octanol–water partition coefficient (Wildman–Crippen LogP) is -0.731. The van der Waals surface area contributed by atoms with E-state index in [4.69, 9.17) is 5.11 Å². The van der Waals surface area contributed by atoms with Crippen LogP contribution in [0.4, 0.5) is 0 Å². The van der Waals surface area contributed by atoms with Gasteiger partial charge < -0.3 is 10.2 Å². The summed E-state index contributed by atoms with van der Waals surface area (Å²) in [5.41, 5.74) is -1.40. The highest BCUT2D eigenvalue weighted by Gasteiger charge is 2.32. The van der Waals surface area contributed by atoms with Crippen LogP contribution in [0.3, 0.4) is 0 Å². The first-order valence-corrected chi connectivity index (χ1v) is 4.63. The van der Waals surface area contributed by atoms with E-state index in [1.807, 2.05) is 0 Å². The first-order chi connectivity index (χ1) is 6.46. The van der Waals surface area contributed by atoms with E-state index in [1.165, 1.54) is 6.92 Å². The van der Waals surface area contributed by atoms with Gasteiger partial charge in [0, 0.05) is 12.8 Å². The number of aliphatic hydroxyl groups excluding tert-OH is 1. The Labute approximate surface area is 82.3 Å². The lowest BCUT2D eigenvalue weighted by atomic mass is 10.0. The Bertz CT molecular complexity index is 233. The maximum atomic E-state index is 11.3. The van der Waals surface area contributed by atoms with Crippen molar-refractivity contribution in [3.8, 4) is 0 Å². The van der Waals surface area contributed by atoms with Gasteiger partial charge in [0.2, 0.25) is 11.8 Å². The van der Waals surface area contributed by atoms with Crippen LogP contribution in [0.2, 0.25) is 0 Å². The monoisotopic (exact) mass is 201 g/mol. The molecule has 1 aliphatic rings. The molecule has 0 radical (unpaired) electrons. The minimum atomic E-state index is -1.40. The van der Waals surface area contributed by atoms with Crippen molar-refractivity contribution >= 4 is 11.8 Å². The van der Waals surface area contributed by atoms with Crippen LogP contribution in [-0.4, -0.2) is 45.7 Å². The van der Waals surface area contributed by atoms with Crippen molar-refractivity contribution < 1.29 is 19.8 Å². The zero-order valence-electron chi connectivity index (χ0n) is 8.19. The van der Waals surface area contributed by atoms with E-state index in [9.17, 15) is 14.7 Å². The Kier molecular flexibility index (Phi) is 3.23. The van der Waals surface area contributed by atoms with E-state index < -0.39 is 12.2 Å². The third-order valence-corrected chi connectivity index (χ3v) is 2.22. The number of rotatable bonds is 3. The van der Waals surface area contributed by atoms with Gasteiger partial charge in [-0.2, -0.15) is 0 Å². The second-order valence-electron chi connectivity index (χ2n) is 3.88. The second-order valence-corrected chi connectivity index (χ2v) is 3.88. The molecule has 0 saturated carbocycles. The number of amides is 2. The number of aliphatic hydroxyl groups is 2. The third-order valence-electron chi connectivity index (χ3n) is 2.22. The maximum Gasteiger partial charge on any atom is 0.229 e. The van der Waals surface area contributed by atoms with Crippen LogP contribution in [0.1, 0.15) is 26.2 Å². The van der Waals surface area contributed by atoms with Crippen molar-refractivity contribution in [1.82, 2.24) is 4.90 Å². The molecule has 0 aromatic rings. The molecule has 1 unspecified atom stereocenters. The summed E-state index contributed by atoms with van der Waals surface area (Å²) < 4.78 is 0. The lowest BCUT2D eigenvalue weighted by Gasteiger charge is -2.31. The van der Waals surface area contributed by atoms with Gasteiger partial charge in [0.25, 0.3) is 0 Å². The molecule has 0 aliphatic carbocycles. The van der Waals surface area contributed by atoms with Crippen LogP contribution >= 0.6 is 0 Å². The first kappa shape index (κ1) is 11.1. The Morgan fingerprint density at radius 3 is 2.29 bits per heavy atom. The quantitative estimate of drug-likeness (QED) is 0.590. The average molecular weight is 201 g/mol. The molecule has 80 valence electrons. The molecule has 1 heterocycles. The van der Waals surface area contributed by atoms with Gasteiger partial charge >= 0.3 is 0 Å². The number of β-amino-alcohol motifs (C(OH)–C–C–N with tert-alkyl or cyclic N) is 1. The van der Waals surface area contributed by atoms with Crippen LogP contribution in [-0.2, 0) is 9.59 Å². The molecule has 1 rings (SSSR count). The zero-order valence-corrected chi connectivity index (χ0v) is 8.19. The van der Waals surface area contributed by atoms with Gasteiger partial charge in [-0.1, -0.05) is 0 Å². The van der Waals surface area contributed by atoms with Crippen molar-refractivity contribution in [2.24, 2.45) is 0 Å². The zero-order chi connectivity index (χ0) is 10.8. The number of carbonyl (C=O) groups excluding carboxylic acids is 2. The van der Waals surface area contributed by atoms with Crippen LogP contribution < -0.4 is 0 Å². The first-order valence-electron chi connectivity index (χ1n) is 4.63. The SMILES string of the molecule is CC(O)(CO)CN1C(=O)CCCC1=O. The molecule has 14 heavy (non-hydrogen) atoms. The molecule has 1 fully saturated rings. The van der Waals surface area contributed by atoms with E-state index in [1.54, 1.807) is 0 Å². The van der Waals surface area contributed by atoms with Crippen molar-refractivity contribution in [3.05, 3.63) is 0 Å². The molecule has 0 spiro atoms. The van der Waals surface area contributed by atoms with Gasteiger partial charge in [0.05, 0.1) is 13.2 Å². The Hall–Kier alpha value is -0.940. The summed E-state index contributed by atoms with van der Waals surface area (Å²) in [6.07, 6.45) is 1.26. The van der Waals surface area contributed by atoms with Crippen molar-refractivity contribution in [3.63, 3.8) is 0 Å². The number of nitrogens with zero attached hydrogens (tertiary/aromatic N) is 1. The lowest BCUT2D eigenvalue weighted by Crippen LogP contribution is -2.50. The van der Waals surface area contributed by atoms with Gasteiger partial charge in [0.15, 0.2) is 0 Å². The lowest BCUT2D eigenvalue weighted by molar-refractivity contribution is -0.152. The van der Waals surface area contributed by atoms with Gasteiger partial charge in [-0.25, -0.2) is 0 Å². The van der Waals surface area contributed by atoms with Gasteiger partial charge in [0.1, 0.15) is 5.60 Å². The number of piperidine rings is 1. The average Bonchev–Trinajstić information content (AvgIpc) is 2.12. The van der Waals surface area contributed by atoms with E-state index in [0.717, 1.165) is 4.90 Å². The van der Waals surface area contributed by atoms with E-state index in [2.05, 4.69) is 0 Å². The summed E-state index contributed by atoms with van der Waals surface area (Å²) in [5, 5.41) is 18.3. The topological polar surface area (TPSA) is 77.8 Å². The number of hydrogen-bond acceptors (Lipinski definition) is 4. The molecule has 0 bridgehead atoms. The highest BCUT2D eigenvalue weighted by Crippen LogP contribution is 2.15. The fraction of sp³-hybridized carbons (Fsp3) is 0.778. The summed E-state index contributed by atoms with van der Waals surface area (Å²) >= 11 is 0. The maximum absolute atomic E-state index is 11.3. The van der Waals surface area contributed by atoms with Crippen molar-refractivity contribution in [1.29, 1.82) is 0 Å². The Balaban J connectivity index is 2.65. The molecule has 2 amide bonds. The summed E-state index contributed by atoms with van der Waals surface area (Å²) in [6.45, 7) is 0.799. The van der Waals surface area contributed by atoms with Gasteiger partial charge in [-0.15, -0.1) is 0 Å². The van der Waals surface area contributed by atoms with E-state index in [-0.39, 0.29) is 18.4 Å². The fourth-order valence-electron chi connectivity index (χ4n) is 1.37. The number of carbonyl (C=O) groups is 2. The van der Waals surface area contributed by atoms with Gasteiger partial charge in [-0.3, -0.25) is 14.5 Å². The molecular weight excluding hydrogens is 186 g/mol. The highest BCUT2D eigenvalue weighted by atomic mass is 16.3. The van der Waals surface area contributed by atoms with Crippen molar-refractivity contribution in [2.75, 3.05) is 13.2 Å². The molecule has 5 nitrogen and oxygen atoms in total. The normalized spacial score (nSPS) is 22.4. The Morgan fingerprint density at radius 2 is 1.86 bits per heavy atom. The molecule has 1 atom stereocenters. The second kappa shape index (κ2) is 4.06. The molecule has 2 N–H and O–H groups in total. The molecule has 1 aliphatic heterocycles. The largest absolute Gasteiger partial charge is 0.393 e. The fourth-order valence-corrected chi connectivity index (χ4v) is 1.37. The minimum Gasteiger partial charge on any atom is -0.393 e. The number of imide groups is 1. The van der Waals surface area contributed by atoms with Crippen LogP contribution in [0.5, 0.6) is 0 Å². The van der Waals surface area contributed by atoms with E-state index in [0.29, 0.717) is 19.3 Å². The van der Waals surface area contributed by atoms with Crippen LogP contribution in [0.15, 0.2) is 0 Å². The third kappa shape index (κ3) is 2.52. The minimum absolute atomic E-state index is 0.124. The molecule has 1 saturated heterocycles. The van der Waals surface area contributed by atoms with Crippen molar-refractivity contribution in [2.45, 2.75) is 31.8 Å². The summed E-state index contributed by atoms with van der Waals surface area (Å²) in [6, 6.07) is 0. The summed E-state index contributed by atoms with van der Waals surface area (Å²) in [4.78, 5) is 23.6. The Morgan fingerprint density at radius 1 is 1.36 bits per heavy atom. The molecule has 0 aromatic heterocycles. The molecule has 5 heteroatoms. The summed E-state index contributed by atoms with van der Waals surface area (Å²) in [5.74, 6) is -0.537. The van der Waals surface area contributed by atoms with E-state index >= 15 is 0 Å². The molecular formula is C9H15NO4.